The van der Waals surface area contributed by atoms with Crippen molar-refractivity contribution in [3.05, 3.63) is 24.0 Å². The number of H-pyrrole nitrogens is 1. The third kappa shape index (κ3) is 1.18. The van der Waals surface area contributed by atoms with Gasteiger partial charge in [0.15, 0.2) is 17.2 Å². The van der Waals surface area contributed by atoms with Crippen molar-refractivity contribution >= 4 is 11.2 Å². The molecule has 6 nitrogen and oxygen atoms in total. The highest BCUT2D eigenvalue weighted by atomic mass is 16.6. The molecule has 3 rings (SSSR count). The molecular weight excluding hydrogens is 194 g/mol. The Hall–Kier alpha value is -2.24. The average Bonchev–Trinajstić information content (AvgIpc) is 2.82. The monoisotopic (exact) mass is 201 g/mol. The van der Waals surface area contributed by atoms with Crippen molar-refractivity contribution in [3.63, 3.8) is 0 Å². The van der Waals surface area contributed by atoms with E-state index in [2.05, 4.69) is 29.9 Å². The summed E-state index contributed by atoms with van der Waals surface area (Å²) in [6.45, 7) is 1.81. The molecule has 0 unspecified atom stereocenters. The van der Waals surface area contributed by atoms with Crippen molar-refractivity contribution in [2.45, 2.75) is 6.92 Å². The summed E-state index contributed by atoms with van der Waals surface area (Å²) in [6, 6.07) is 3.75. The van der Waals surface area contributed by atoms with Crippen molar-refractivity contribution in [3.8, 4) is 11.5 Å². The van der Waals surface area contributed by atoms with Gasteiger partial charge in [-0.3, -0.25) is 0 Å². The van der Waals surface area contributed by atoms with Crippen LogP contribution in [0.5, 0.6) is 0 Å². The summed E-state index contributed by atoms with van der Waals surface area (Å²) in [5.74, 6) is 0.627. The van der Waals surface area contributed by atoms with Gasteiger partial charge >= 0.3 is 0 Å². The molecule has 74 valence electrons. The SMILES string of the molecule is Cc1nonc1-c1nc2ncccc2[nH]1. The van der Waals surface area contributed by atoms with Gasteiger partial charge in [0, 0.05) is 6.20 Å². The highest BCUT2D eigenvalue weighted by molar-refractivity contribution is 5.74. The Morgan fingerprint density at radius 2 is 2.27 bits per heavy atom. The van der Waals surface area contributed by atoms with E-state index < -0.39 is 0 Å². The Bertz CT molecular complexity index is 579. The molecule has 0 spiro atoms. The fourth-order valence-corrected chi connectivity index (χ4v) is 1.40. The van der Waals surface area contributed by atoms with Gasteiger partial charge in [-0.2, -0.15) is 0 Å². The molecule has 0 aliphatic carbocycles. The van der Waals surface area contributed by atoms with Crippen LogP contribution in [0.1, 0.15) is 5.69 Å². The van der Waals surface area contributed by atoms with Crippen LogP contribution in [0.2, 0.25) is 0 Å². The lowest BCUT2D eigenvalue weighted by Crippen LogP contribution is -1.83. The first kappa shape index (κ1) is 8.10. The summed E-state index contributed by atoms with van der Waals surface area (Å²) in [5, 5.41) is 7.47. The molecule has 3 heterocycles. The second-order valence-electron chi connectivity index (χ2n) is 3.16. The van der Waals surface area contributed by atoms with Crippen molar-refractivity contribution in [1.29, 1.82) is 0 Å². The standard InChI is InChI=1S/C9H7N5O/c1-5-7(14-15-13-5)9-11-6-3-2-4-10-8(6)12-9/h2-4H,1H3,(H,10,11,12). The Kier molecular flexibility index (Phi) is 1.55. The van der Waals surface area contributed by atoms with Crippen LogP contribution in [0.4, 0.5) is 0 Å². The lowest BCUT2D eigenvalue weighted by atomic mass is 10.3. The number of pyridine rings is 1. The highest BCUT2D eigenvalue weighted by Crippen LogP contribution is 2.18. The molecule has 0 aliphatic rings. The third-order valence-corrected chi connectivity index (χ3v) is 2.13. The maximum Gasteiger partial charge on any atom is 0.178 e. The number of fused-ring (bicyclic) bond motifs is 1. The molecule has 0 aromatic carbocycles. The van der Waals surface area contributed by atoms with Crippen LogP contribution in [0.25, 0.3) is 22.7 Å². The number of rotatable bonds is 1. The van der Waals surface area contributed by atoms with Gasteiger partial charge in [0.2, 0.25) is 0 Å². The minimum Gasteiger partial charge on any atom is -0.335 e. The summed E-state index contributed by atoms with van der Waals surface area (Å²) < 4.78 is 4.62. The molecule has 0 saturated heterocycles. The molecule has 15 heavy (non-hydrogen) atoms. The minimum absolute atomic E-state index is 0.619. The van der Waals surface area contributed by atoms with Crippen LogP contribution < -0.4 is 0 Å². The molecule has 3 aromatic rings. The van der Waals surface area contributed by atoms with Gasteiger partial charge in [-0.05, 0) is 24.2 Å². The van der Waals surface area contributed by atoms with Gasteiger partial charge in [-0.25, -0.2) is 14.6 Å². The topological polar surface area (TPSA) is 80.5 Å². The van der Waals surface area contributed by atoms with Gasteiger partial charge < -0.3 is 4.98 Å². The zero-order valence-corrected chi connectivity index (χ0v) is 7.93. The minimum atomic E-state index is 0.619. The van der Waals surface area contributed by atoms with E-state index in [0.29, 0.717) is 22.9 Å². The summed E-state index contributed by atoms with van der Waals surface area (Å²) >= 11 is 0. The van der Waals surface area contributed by atoms with E-state index in [1.165, 1.54) is 0 Å². The number of aromatic amines is 1. The number of hydrogen-bond donors (Lipinski definition) is 1. The molecular formula is C9H7N5O. The number of imidazole rings is 1. The van der Waals surface area contributed by atoms with E-state index in [9.17, 15) is 0 Å². The van der Waals surface area contributed by atoms with Crippen molar-refractivity contribution < 1.29 is 4.63 Å². The summed E-state index contributed by atoms with van der Waals surface area (Å²) in [6.07, 6.45) is 1.70. The van der Waals surface area contributed by atoms with E-state index in [1.807, 2.05) is 19.1 Å². The highest BCUT2D eigenvalue weighted by Gasteiger charge is 2.12. The maximum atomic E-state index is 4.62. The largest absolute Gasteiger partial charge is 0.335 e. The van der Waals surface area contributed by atoms with Crippen LogP contribution in [0.15, 0.2) is 23.0 Å². The Labute approximate surface area is 84.3 Å². The number of hydrogen-bond acceptors (Lipinski definition) is 5. The zero-order chi connectivity index (χ0) is 10.3. The van der Waals surface area contributed by atoms with Gasteiger partial charge in [-0.15, -0.1) is 0 Å². The molecule has 0 radical (unpaired) electrons. The number of aryl methyl sites for hydroxylation is 1. The molecule has 0 atom stereocenters. The van der Waals surface area contributed by atoms with E-state index >= 15 is 0 Å². The summed E-state index contributed by atoms with van der Waals surface area (Å²) in [4.78, 5) is 11.5. The molecule has 0 amide bonds. The number of nitrogens with zero attached hydrogens (tertiary/aromatic N) is 4. The van der Waals surface area contributed by atoms with Crippen LogP contribution in [-0.2, 0) is 0 Å². The Morgan fingerprint density at radius 3 is 3.00 bits per heavy atom. The molecule has 1 N–H and O–H groups in total. The summed E-state index contributed by atoms with van der Waals surface area (Å²) in [7, 11) is 0. The van der Waals surface area contributed by atoms with Crippen molar-refractivity contribution in [2.75, 3.05) is 0 Å². The van der Waals surface area contributed by atoms with Crippen molar-refractivity contribution in [1.82, 2.24) is 25.3 Å². The van der Waals surface area contributed by atoms with E-state index in [0.717, 1.165) is 5.52 Å². The first-order chi connectivity index (χ1) is 7.34. The van der Waals surface area contributed by atoms with E-state index in [1.54, 1.807) is 6.20 Å². The molecule has 0 saturated carbocycles. The molecule has 0 fully saturated rings. The van der Waals surface area contributed by atoms with E-state index in [-0.39, 0.29) is 0 Å². The second-order valence-corrected chi connectivity index (χ2v) is 3.16. The fourth-order valence-electron chi connectivity index (χ4n) is 1.40. The first-order valence-corrected chi connectivity index (χ1v) is 4.45. The lowest BCUT2D eigenvalue weighted by Gasteiger charge is -1.85. The number of nitrogens with one attached hydrogen (secondary N) is 1. The maximum absolute atomic E-state index is 4.62. The van der Waals surface area contributed by atoms with E-state index in [4.69, 9.17) is 0 Å². The molecule has 0 bridgehead atoms. The number of aromatic nitrogens is 5. The van der Waals surface area contributed by atoms with Crippen LogP contribution in [-0.4, -0.2) is 25.3 Å². The third-order valence-electron chi connectivity index (χ3n) is 2.13. The van der Waals surface area contributed by atoms with Crippen LogP contribution in [0.3, 0.4) is 0 Å². The predicted molar refractivity (Wildman–Crippen MR) is 51.9 cm³/mol. The fraction of sp³-hybridized carbons (Fsp3) is 0.111. The smallest absolute Gasteiger partial charge is 0.178 e. The zero-order valence-electron chi connectivity index (χ0n) is 7.93. The van der Waals surface area contributed by atoms with Crippen LogP contribution >= 0.6 is 0 Å². The Balaban J connectivity index is 2.24. The quantitative estimate of drug-likeness (QED) is 0.642. The van der Waals surface area contributed by atoms with Crippen molar-refractivity contribution in [2.24, 2.45) is 0 Å². The normalized spacial score (nSPS) is 11.0. The van der Waals surface area contributed by atoms with Gasteiger partial charge in [-0.1, -0.05) is 5.16 Å². The van der Waals surface area contributed by atoms with Gasteiger partial charge in [0.25, 0.3) is 0 Å². The molecule has 3 aromatic heterocycles. The van der Waals surface area contributed by atoms with Gasteiger partial charge in [0.05, 0.1) is 5.52 Å². The van der Waals surface area contributed by atoms with Crippen LogP contribution in [0, 0.1) is 6.92 Å². The van der Waals surface area contributed by atoms with Gasteiger partial charge in [0.1, 0.15) is 5.69 Å². The first-order valence-electron chi connectivity index (χ1n) is 4.45. The lowest BCUT2D eigenvalue weighted by molar-refractivity contribution is 0.305. The molecule has 6 heteroatoms. The summed E-state index contributed by atoms with van der Waals surface area (Å²) in [5.41, 5.74) is 2.85. The average molecular weight is 201 g/mol. The molecule has 0 aliphatic heterocycles. The second kappa shape index (κ2) is 2.88. The predicted octanol–water partition coefficient (Wildman–Crippen LogP) is 1.32. The Morgan fingerprint density at radius 1 is 1.33 bits per heavy atom.